The Balaban J connectivity index is 1.54. The summed E-state index contributed by atoms with van der Waals surface area (Å²) in [4.78, 5) is 41.8. The summed E-state index contributed by atoms with van der Waals surface area (Å²) in [5.41, 5.74) is 0.894. The van der Waals surface area contributed by atoms with Gasteiger partial charge >= 0.3 is 5.97 Å². The smallest absolute Gasteiger partial charge is 0.312 e. The molecule has 0 aliphatic carbocycles. The lowest BCUT2D eigenvalue weighted by Crippen LogP contribution is -2.23. The van der Waals surface area contributed by atoms with Crippen LogP contribution in [0.1, 0.15) is 28.9 Å². The number of Topliss-reactive ketones (excluding diaryl/α,β-unsaturated/α-hetero) is 1. The van der Waals surface area contributed by atoms with Gasteiger partial charge in [-0.2, -0.15) is 0 Å². The van der Waals surface area contributed by atoms with Crippen LogP contribution >= 0.6 is 11.3 Å². The first-order valence-electron chi connectivity index (χ1n) is 8.15. The van der Waals surface area contributed by atoms with E-state index in [9.17, 15) is 14.4 Å². The van der Waals surface area contributed by atoms with Gasteiger partial charge in [-0.25, -0.2) is 4.98 Å². The van der Waals surface area contributed by atoms with E-state index >= 15 is 0 Å². The van der Waals surface area contributed by atoms with E-state index in [0.29, 0.717) is 35.1 Å². The Morgan fingerprint density at radius 1 is 1.31 bits per heavy atom. The molecule has 0 bridgehead atoms. The summed E-state index contributed by atoms with van der Waals surface area (Å²) in [6.07, 6.45) is 1.31. The molecule has 8 heteroatoms. The van der Waals surface area contributed by atoms with Crippen molar-refractivity contribution in [2.75, 3.05) is 25.2 Å². The van der Waals surface area contributed by atoms with Gasteiger partial charge in [0, 0.05) is 18.3 Å². The summed E-state index contributed by atoms with van der Waals surface area (Å²) in [5, 5.41) is 2.32. The largest absolute Gasteiger partial charge is 0.496 e. The molecule has 0 saturated carbocycles. The van der Waals surface area contributed by atoms with Crippen molar-refractivity contribution in [3.63, 3.8) is 0 Å². The lowest BCUT2D eigenvalue weighted by Gasteiger charge is -2.10. The van der Waals surface area contributed by atoms with Gasteiger partial charge in [0.25, 0.3) is 0 Å². The number of aromatic nitrogens is 1. The van der Waals surface area contributed by atoms with E-state index in [-0.39, 0.29) is 24.7 Å². The van der Waals surface area contributed by atoms with Crippen LogP contribution in [-0.2, 0) is 20.7 Å². The summed E-state index contributed by atoms with van der Waals surface area (Å²) in [6.45, 7) is 0.296. The lowest BCUT2D eigenvalue weighted by molar-refractivity contribution is -0.141. The van der Waals surface area contributed by atoms with Crippen LogP contribution in [0.15, 0.2) is 29.6 Å². The third-order valence-electron chi connectivity index (χ3n) is 3.94. The fourth-order valence-corrected chi connectivity index (χ4v) is 3.52. The molecule has 2 aromatic rings. The second-order valence-corrected chi connectivity index (χ2v) is 6.57. The SMILES string of the molecule is COc1ccccc1C(=O)COC(=O)Cc1csc(N2CCCC2=O)n1. The maximum absolute atomic E-state index is 12.2. The number of ketones is 1. The molecule has 1 saturated heterocycles. The molecule has 2 heterocycles. The van der Waals surface area contributed by atoms with Crippen LogP contribution in [0.2, 0.25) is 0 Å². The number of carbonyl (C=O) groups excluding carboxylic acids is 3. The van der Waals surface area contributed by atoms with Gasteiger partial charge < -0.3 is 9.47 Å². The lowest BCUT2D eigenvalue weighted by atomic mass is 10.1. The van der Waals surface area contributed by atoms with Crippen LogP contribution in [0, 0.1) is 0 Å². The first-order valence-corrected chi connectivity index (χ1v) is 9.03. The monoisotopic (exact) mass is 374 g/mol. The fourth-order valence-electron chi connectivity index (χ4n) is 2.65. The van der Waals surface area contributed by atoms with Crippen LogP contribution in [0.25, 0.3) is 0 Å². The van der Waals surface area contributed by atoms with Crippen LogP contribution in [0.4, 0.5) is 5.13 Å². The summed E-state index contributed by atoms with van der Waals surface area (Å²) < 4.78 is 10.2. The number of esters is 1. The second kappa shape index (κ2) is 8.09. The van der Waals surface area contributed by atoms with Crippen LogP contribution in [0.5, 0.6) is 5.75 Å². The minimum Gasteiger partial charge on any atom is -0.496 e. The molecular weight excluding hydrogens is 356 g/mol. The molecule has 1 aromatic carbocycles. The van der Waals surface area contributed by atoms with Gasteiger partial charge in [-0.1, -0.05) is 12.1 Å². The molecule has 1 aliphatic rings. The van der Waals surface area contributed by atoms with Gasteiger partial charge in [0.1, 0.15) is 5.75 Å². The molecule has 1 amide bonds. The van der Waals surface area contributed by atoms with Crippen molar-refractivity contribution in [1.82, 2.24) is 4.98 Å². The summed E-state index contributed by atoms with van der Waals surface area (Å²) in [5.74, 6) is -0.390. The highest BCUT2D eigenvalue weighted by Crippen LogP contribution is 2.25. The van der Waals surface area contributed by atoms with Crippen LogP contribution in [0.3, 0.4) is 0 Å². The van der Waals surface area contributed by atoms with Crippen molar-refractivity contribution in [3.05, 3.63) is 40.9 Å². The number of carbonyl (C=O) groups is 3. The maximum atomic E-state index is 12.2. The number of thiazole rings is 1. The highest BCUT2D eigenvalue weighted by Gasteiger charge is 2.24. The molecular formula is C18H18N2O5S. The molecule has 26 heavy (non-hydrogen) atoms. The van der Waals surface area contributed by atoms with Gasteiger partial charge in [0.2, 0.25) is 11.7 Å². The highest BCUT2D eigenvalue weighted by molar-refractivity contribution is 7.14. The number of anilines is 1. The Labute approximate surface area is 154 Å². The summed E-state index contributed by atoms with van der Waals surface area (Å²) >= 11 is 1.32. The van der Waals surface area contributed by atoms with Gasteiger partial charge in [0.15, 0.2) is 11.7 Å². The quantitative estimate of drug-likeness (QED) is 0.546. The molecule has 1 aliphatic heterocycles. The Morgan fingerprint density at radius 2 is 2.12 bits per heavy atom. The number of amides is 1. The number of para-hydroxylation sites is 1. The Morgan fingerprint density at radius 3 is 2.85 bits per heavy atom. The number of hydrogen-bond acceptors (Lipinski definition) is 7. The third-order valence-corrected chi connectivity index (χ3v) is 4.85. The molecule has 7 nitrogen and oxygen atoms in total. The van der Waals surface area contributed by atoms with Gasteiger partial charge in [-0.3, -0.25) is 19.3 Å². The van der Waals surface area contributed by atoms with E-state index in [1.807, 2.05) is 0 Å². The topological polar surface area (TPSA) is 85.8 Å². The van der Waals surface area contributed by atoms with Crippen molar-refractivity contribution in [2.24, 2.45) is 0 Å². The van der Waals surface area contributed by atoms with E-state index in [2.05, 4.69) is 4.98 Å². The zero-order valence-electron chi connectivity index (χ0n) is 14.3. The first-order chi connectivity index (χ1) is 12.6. The molecule has 136 valence electrons. The van der Waals surface area contributed by atoms with Gasteiger partial charge in [-0.15, -0.1) is 11.3 Å². The zero-order chi connectivity index (χ0) is 18.5. The number of ether oxygens (including phenoxy) is 2. The van der Waals surface area contributed by atoms with E-state index in [1.165, 1.54) is 18.4 Å². The fraction of sp³-hybridized carbons (Fsp3) is 0.333. The van der Waals surface area contributed by atoms with E-state index in [4.69, 9.17) is 9.47 Å². The Bertz CT molecular complexity index is 832. The van der Waals surface area contributed by atoms with E-state index in [1.54, 1.807) is 34.5 Å². The van der Waals surface area contributed by atoms with E-state index in [0.717, 1.165) is 6.42 Å². The molecule has 0 atom stereocenters. The van der Waals surface area contributed by atoms with Gasteiger partial charge in [-0.05, 0) is 18.6 Å². The van der Waals surface area contributed by atoms with Crippen molar-refractivity contribution in [2.45, 2.75) is 19.3 Å². The molecule has 0 unspecified atom stereocenters. The Hall–Kier alpha value is -2.74. The Kier molecular flexibility index (Phi) is 5.62. The van der Waals surface area contributed by atoms with E-state index < -0.39 is 5.97 Å². The first kappa shape index (κ1) is 18.1. The van der Waals surface area contributed by atoms with Crippen molar-refractivity contribution in [1.29, 1.82) is 0 Å². The van der Waals surface area contributed by atoms with Crippen LogP contribution in [-0.4, -0.2) is 42.9 Å². The molecule has 1 fully saturated rings. The second-order valence-electron chi connectivity index (χ2n) is 5.73. The number of rotatable bonds is 7. The van der Waals surface area contributed by atoms with Crippen molar-refractivity contribution < 1.29 is 23.9 Å². The number of methoxy groups -OCH3 is 1. The van der Waals surface area contributed by atoms with Gasteiger partial charge in [0.05, 0.1) is 24.8 Å². The zero-order valence-corrected chi connectivity index (χ0v) is 15.1. The normalized spacial score (nSPS) is 13.7. The molecule has 0 radical (unpaired) electrons. The molecule has 0 spiro atoms. The standard InChI is InChI=1S/C18H18N2O5S/c1-24-15-6-3-2-5-13(15)14(21)10-25-17(23)9-12-11-26-18(19-12)20-8-4-7-16(20)22/h2-3,5-6,11H,4,7-10H2,1H3. The number of benzene rings is 1. The predicted molar refractivity (Wildman–Crippen MR) is 95.7 cm³/mol. The van der Waals surface area contributed by atoms with Crippen molar-refractivity contribution in [3.8, 4) is 5.75 Å². The molecule has 3 rings (SSSR count). The molecule has 1 aromatic heterocycles. The average molecular weight is 374 g/mol. The third kappa shape index (κ3) is 4.08. The molecule has 0 N–H and O–H groups in total. The average Bonchev–Trinajstić information content (AvgIpc) is 3.28. The summed E-state index contributed by atoms with van der Waals surface area (Å²) in [7, 11) is 1.48. The maximum Gasteiger partial charge on any atom is 0.312 e. The minimum absolute atomic E-state index is 0.0439. The van der Waals surface area contributed by atoms with Crippen molar-refractivity contribution >= 4 is 34.1 Å². The highest BCUT2D eigenvalue weighted by atomic mass is 32.1. The predicted octanol–water partition coefficient (Wildman–Crippen LogP) is 2.25. The number of nitrogens with zero attached hydrogens (tertiary/aromatic N) is 2. The summed E-state index contributed by atoms with van der Waals surface area (Å²) in [6, 6.07) is 6.76. The minimum atomic E-state index is -0.544. The van der Waals surface area contributed by atoms with Crippen LogP contribution < -0.4 is 9.64 Å². The number of hydrogen-bond donors (Lipinski definition) is 0.